The lowest BCUT2D eigenvalue weighted by atomic mass is 9.96. The summed E-state index contributed by atoms with van der Waals surface area (Å²) in [6, 6.07) is 0. The zero-order valence-electron chi connectivity index (χ0n) is 7.12. The third-order valence-electron chi connectivity index (χ3n) is 3.47. The summed E-state index contributed by atoms with van der Waals surface area (Å²) >= 11 is 0. The zero-order valence-corrected chi connectivity index (χ0v) is 7.94. The number of hydrogen-bond donors (Lipinski definition) is 1. The molecule has 1 aliphatic carbocycles. The average Bonchev–Trinajstić information content (AvgIpc) is 2.72. The van der Waals surface area contributed by atoms with Crippen molar-refractivity contribution in [1.82, 2.24) is 0 Å². The Morgan fingerprint density at radius 3 is 2.33 bits per heavy atom. The van der Waals surface area contributed by atoms with Crippen molar-refractivity contribution in [3.63, 3.8) is 0 Å². The second kappa shape index (κ2) is 2.45. The summed E-state index contributed by atoms with van der Waals surface area (Å²) in [6.45, 7) is 0.736. The van der Waals surface area contributed by atoms with E-state index in [2.05, 4.69) is 0 Å². The smallest absolute Gasteiger partial charge is 0.150 e. The molecule has 2 rings (SSSR count). The largest absolute Gasteiger partial charge is 0.330 e. The topological polar surface area (TPSA) is 60.2 Å². The molecule has 1 saturated heterocycles. The van der Waals surface area contributed by atoms with Crippen molar-refractivity contribution < 1.29 is 8.42 Å². The van der Waals surface area contributed by atoms with Crippen molar-refractivity contribution in [1.29, 1.82) is 0 Å². The van der Waals surface area contributed by atoms with Crippen LogP contribution in [0.3, 0.4) is 0 Å². The summed E-state index contributed by atoms with van der Waals surface area (Å²) in [6.07, 6.45) is 2.88. The van der Waals surface area contributed by atoms with Gasteiger partial charge in [0.15, 0.2) is 0 Å². The van der Waals surface area contributed by atoms with Gasteiger partial charge in [0.05, 0.1) is 11.5 Å². The molecule has 1 heterocycles. The van der Waals surface area contributed by atoms with E-state index in [0.29, 0.717) is 22.8 Å². The van der Waals surface area contributed by atoms with Crippen LogP contribution in [0.5, 0.6) is 0 Å². The Morgan fingerprint density at radius 1 is 1.33 bits per heavy atom. The van der Waals surface area contributed by atoms with Crippen molar-refractivity contribution in [2.45, 2.75) is 19.3 Å². The fourth-order valence-electron chi connectivity index (χ4n) is 2.32. The summed E-state index contributed by atoms with van der Waals surface area (Å²) in [4.78, 5) is 0. The van der Waals surface area contributed by atoms with Crippen molar-refractivity contribution >= 4 is 9.84 Å². The second-order valence-corrected chi connectivity index (χ2v) is 6.45. The second-order valence-electron chi connectivity index (χ2n) is 4.15. The van der Waals surface area contributed by atoms with Gasteiger partial charge in [0.2, 0.25) is 0 Å². The maximum absolute atomic E-state index is 11.1. The summed E-state index contributed by atoms with van der Waals surface area (Å²) in [5, 5.41) is 0. The minimum atomic E-state index is -2.69. The Morgan fingerprint density at radius 2 is 1.92 bits per heavy atom. The minimum absolute atomic E-state index is 0.347. The predicted molar refractivity (Wildman–Crippen MR) is 47.5 cm³/mol. The third kappa shape index (κ3) is 1.27. The first-order chi connectivity index (χ1) is 5.58. The van der Waals surface area contributed by atoms with Gasteiger partial charge < -0.3 is 5.73 Å². The first-order valence-corrected chi connectivity index (χ1v) is 6.31. The monoisotopic (exact) mass is 189 g/mol. The highest BCUT2D eigenvalue weighted by atomic mass is 32.2. The lowest BCUT2D eigenvalue weighted by molar-refractivity contribution is 0.406. The van der Waals surface area contributed by atoms with E-state index in [1.807, 2.05) is 0 Å². The van der Waals surface area contributed by atoms with Crippen molar-refractivity contribution in [3.05, 3.63) is 0 Å². The van der Waals surface area contributed by atoms with Crippen LogP contribution in [0.2, 0.25) is 0 Å². The number of hydrogen-bond acceptors (Lipinski definition) is 3. The average molecular weight is 189 g/mol. The quantitative estimate of drug-likeness (QED) is 0.639. The van der Waals surface area contributed by atoms with Gasteiger partial charge in [0, 0.05) is 0 Å². The van der Waals surface area contributed by atoms with Gasteiger partial charge in [-0.3, -0.25) is 0 Å². The standard InChI is InChI=1S/C8H15NO2S/c9-6-7-5-8(7)1-3-12(10,11)4-2-8/h7H,1-6,9H2/t7-/m0/s1. The molecule has 1 spiro atoms. The van der Waals surface area contributed by atoms with Crippen LogP contribution in [-0.4, -0.2) is 26.5 Å². The van der Waals surface area contributed by atoms with Crippen LogP contribution in [0, 0.1) is 11.3 Å². The lowest BCUT2D eigenvalue weighted by Crippen LogP contribution is -2.26. The fourth-order valence-corrected chi connectivity index (χ4v) is 3.96. The molecule has 0 aromatic carbocycles. The van der Waals surface area contributed by atoms with Gasteiger partial charge in [-0.05, 0) is 37.1 Å². The van der Waals surface area contributed by atoms with Gasteiger partial charge in [-0.1, -0.05) is 0 Å². The minimum Gasteiger partial charge on any atom is -0.330 e. The number of sulfone groups is 1. The highest BCUT2D eigenvalue weighted by Gasteiger charge is 2.54. The summed E-state index contributed by atoms with van der Waals surface area (Å²) < 4.78 is 22.3. The van der Waals surface area contributed by atoms with Crippen LogP contribution in [-0.2, 0) is 9.84 Å². The lowest BCUT2D eigenvalue weighted by Gasteiger charge is -2.22. The van der Waals surface area contributed by atoms with Gasteiger partial charge in [0.1, 0.15) is 9.84 Å². The molecule has 1 atom stereocenters. The molecule has 4 heteroatoms. The Labute approximate surface area is 73.2 Å². The van der Waals surface area contributed by atoms with E-state index in [4.69, 9.17) is 5.73 Å². The highest BCUT2D eigenvalue weighted by Crippen LogP contribution is 2.59. The van der Waals surface area contributed by atoms with Crippen LogP contribution in [0.25, 0.3) is 0 Å². The van der Waals surface area contributed by atoms with Gasteiger partial charge >= 0.3 is 0 Å². The van der Waals surface area contributed by atoms with E-state index in [-0.39, 0.29) is 0 Å². The maximum atomic E-state index is 11.1. The number of nitrogens with two attached hydrogens (primary N) is 1. The molecule has 12 heavy (non-hydrogen) atoms. The molecular weight excluding hydrogens is 174 g/mol. The van der Waals surface area contributed by atoms with E-state index in [9.17, 15) is 8.42 Å². The molecule has 1 aliphatic heterocycles. The van der Waals surface area contributed by atoms with E-state index < -0.39 is 9.84 Å². The fraction of sp³-hybridized carbons (Fsp3) is 1.00. The van der Waals surface area contributed by atoms with Gasteiger partial charge in [-0.2, -0.15) is 0 Å². The molecule has 70 valence electrons. The van der Waals surface area contributed by atoms with Crippen molar-refractivity contribution in [2.24, 2.45) is 17.1 Å². The maximum Gasteiger partial charge on any atom is 0.150 e. The molecule has 0 radical (unpaired) electrons. The van der Waals surface area contributed by atoms with E-state index in [0.717, 1.165) is 19.4 Å². The van der Waals surface area contributed by atoms with Crippen LogP contribution >= 0.6 is 0 Å². The Bertz CT molecular complexity index is 269. The van der Waals surface area contributed by atoms with Gasteiger partial charge in [-0.15, -0.1) is 0 Å². The third-order valence-corrected chi connectivity index (χ3v) is 5.12. The molecule has 2 aliphatic rings. The first kappa shape index (κ1) is 8.51. The molecule has 3 nitrogen and oxygen atoms in total. The SMILES string of the molecule is NC[C@@H]1CC12CCS(=O)(=O)CC2. The summed E-state index contributed by atoms with van der Waals surface area (Å²) in [5.74, 6) is 1.40. The van der Waals surface area contributed by atoms with E-state index in [1.54, 1.807) is 0 Å². The Kier molecular flexibility index (Phi) is 1.74. The molecular formula is C8H15NO2S. The van der Waals surface area contributed by atoms with Gasteiger partial charge in [-0.25, -0.2) is 8.42 Å². The van der Waals surface area contributed by atoms with Crippen LogP contribution < -0.4 is 5.73 Å². The molecule has 0 aromatic heterocycles. The normalized spacial score (nSPS) is 36.6. The van der Waals surface area contributed by atoms with Crippen molar-refractivity contribution in [3.8, 4) is 0 Å². The summed E-state index contributed by atoms with van der Waals surface area (Å²) in [7, 11) is -2.69. The van der Waals surface area contributed by atoms with Gasteiger partial charge in [0.25, 0.3) is 0 Å². The molecule has 0 unspecified atom stereocenters. The Balaban J connectivity index is 2.01. The molecule has 0 bridgehead atoms. The summed E-state index contributed by atoms with van der Waals surface area (Å²) in [5.41, 5.74) is 5.90. The number of rotatable bonds is 1. The molecule has 2 fully saturated rings. The highest BCUT2D eigenvalue weighted by molar-refractivity contribution is 7.91. The molecule has 2 N–H and O–H groups in total. The van der Waals surface area contributed by atoms with Crippen molar-refractivity contribution in [2.75, 3.05) is 18.1 Å². The zero-order chi connectivity index (χ0) is 8.82. The predicted octanol–water partition coefficient (Wildman–Crippen LogP) is 0.160. The van der Waals surface area contributed by atoms with Crippen LogP contribution in [0.4, 0.5) is 0 Å². The van der Waals surface area contributed by atoms with E-state index in [1.165, 1.54) is 6.42 Å². The molecule has 0 amide bonds. The van der Waals surface area contributed by atoms with E-state index >= 15 is 0 Å². The molecule has 1 saturated carbocycles. The first-order valence-electron chi connectivity index (χ1n) is 4.48. The van der Waals surface area contributed by atoms with Crippen LogP contribution in [0.15, 0.2) is 0 Å². The molecule has 0 aromatic rings. The Hall–Kier alpha value is -0.0900. The van der Waals surface area contributed by atoms with Crippen LogP contribution in [0.1, 0.15) is 19.3 Å².